The van der Waals surface area contributed by atoms with Crippen molar-refractivity contribution in [3.8, 4) is 16.9 Å². The van der Waals surface area contributed by atoms with E-state index in [1.165, 1.54) is 36.4 Å². The van der Waals surface area contributed by atoms with Gasteiger partial charge in [0.05, 0.1) is 5.56 Å². The highest BCUT2D eigenvalue weighted by molar-refractivity contribution is 5.88. The van der Waals surface area contributed by atoms with Gasteiger partial charge in [-0.15, -0.1) is 0 Å². The van der Waals surface area contributed by atoms with Gasteiger partial charge in [-0.25, -0.2) is 22.0 Å². The van der Waals surface area contributed by atoms with Gasteiger partial charge < -0.3 is 4.74 Å². The molecule has 37 heavy (non-hydrogen) atoms. The smallest absolute Gasteiger partial charge is 0.387 e. The topological polar surface area (TPSA) is 9.23 Å². The average Bonchev–Trinajstić information content (AvgIpc) is 2.84. The summed E-state index contributed by atoms with van der Waals surface area (Å²) in [5.74, 6) is -5.67. The summed E-state index contributed by atoms with van der Waals surface area (Å²) < 4.78 is 101. The summed E-state index contributed by atoms with van der Waals surface area (Å²) in [5.41, 5.74) is 1.06. The first kappa shape index (κ1) is 26.5. The lowest BCUT2D eigenvalue weighted by Gasteiger charge is -2.12. The number of fused-ring (bicyclic) bond motifs is 1. The summed E-state index contributed by atoms with van der Waals surface area (Å²) in [6, 6.07) is 11.8. The zero-order chi connectivity index (χ0) is 26.7. The third kappa shape index (κ3) is 5.89. The predicted molar refractivity (Wildman–Crippen MR) is 128 cm³/mol. The standard InChI is InChI=1S/C29H23F7O/c1-2-3-4-16-11-22(30)26(23(31)12-16)20-9-10-21-19(15-20)8-7-18(27(21)34)6-5-17-13-24(32)28(25(33)14-17)37-29(35)36/h7-15,29H,2-6H2,1H3. The van der Waals surface area contributed by atoms with Crippen molar-refractivity contribution in [1.82, 2.24) is 0 Å². The van der Waals surface area contributed by atoms with Crippen LogP contribution in [-0.2, 0) is 19.3 Å². The van der Waals surface area contributed by atoms with Gasteiger partial charge >= 0.3 is 6.61 Å². The van der Waals surface area contributed by atoms with Crippen LogP contribution < -0.4 is 4.74 Å². The van der Waals surface area contributed by atoms with Crippen molar-refractivity contribution in [2.24, 2.45) is 0 Å². The Morgan fingerprint density at radius 2 is 1.32 bits per heavy atom. The summed E-state index contributed by atoms with van der Waals surface area (Å²) >= 11 is 0. The van der Waals surface area contributed by atoms with Crippen molar-refractivity contribution < 1.29 is 35.5 Å². The summed E-state index contributed by atoms with van der Waals surface area (Å²) in [6.45, 7) is -1.38. The second-order valence-corrected chi connectivity index (χ2v) is 8.78. The minimum absolute atomic E-state index is 0.0319. The predicted octanol–water partition coefficient (Wildman–Crippen LogP) is 8.93. The molecule has 0 spiro atoms. The highest BCUT2D eigenvalue weighted by Gasteiger charge is 2.18. The molecule has 1 nitrogen and oxygen atoms in total. The number of rotatable bonds is 9. The zero-order valence-electron chi connectivity index (χ0n) is 19.9. The molecule has 4 rings (SSSR count). The van der Waals surface area contributed by atoms with Crippen LogP contribution in [0.15, 0.2) is 54.6 Å². The highest BCUT2D eigenvalue weighted by atomic mass is 19.3. The van der Waals surface area contributed by atoms with Crippen LogP contribution in [0.5, 0.6) is 5.75 Å². The molecule has 0 radical (unpaired) electrons. The number of aryl methyl sites for hydroxylation is 3. The van der Waals surface area contributed by atoms with Crippen LogP contribution in [0.4, 0.5) is 30.7 Å². The van der Waals surface area contributed by atoms with Crippen molar-refractivity contribution in [2.75, 3.05) is 0 Å². The maximum Gasteiger partial charge on any atom is 0.387 e. The maximum absolute atomic E-state index is 15.2. The first-order chi connectivity index (χ1) is 17.7. The summed E-state index contributed by atoms with van der Waals surface area (Å²) in [7, 11) is 0. The Morgan fingerprint density at radius 3 is 1.95 bits per heavy atom. The van der Waals surface area contributed by atoms with Gasteiger partial charge in [0, 0.05) is 5.39 Å². The normalized spacial score (nSPS) is 11.5. The molecule has 8 heteroatoms. The van der Waals surface area contributed by atoms with Gasteiger partial charge in [-0.2, -0.15) is 8.78 Å². The third-order valence-electron chi connectivity index (χ3n) is 6.19. The molecular weight excluding hydrogens is 497 g/mol. The molecular formula is C29H23F7O. The van der Waals surface area contributed by atoms with Gasteiger partial charge in [0.15, 0.2) is 17.4 Å². The lowest BCUT2D eigenvalue weighted by molar-refractivity contribution is -0.0546. The minimum Gasteiger partial charge on any atom is -0.429 e. The van der Waals surface area contributed by atoms with Crippen LogP contribution in [0.2, 0.25) is 0 Å². The molecule has 0 aliphatic carbocycles. The molecule has 0 aliphatic heterocycles. The SMILES string of the molecule is CCCCc1cc(F)c(-c2ccc3c(F)c(CCc4cc(F)c(OC(F)F)c(F)c4)ccc3c2)c(F)c1. The van der Waals surface area contributed by atoms with E-state index in [2.05, 4.69) is 4.74 Å². The Hall–Kier alpha value is -3.55. The fraction of sp³-hybridized carbons (Fsp3) is 0.241. The Kier molecular flexibility index (Phi) is 8.05. The third-order valence-corrected chi connectivity index (χ3v) is 6.19. The number of unbranched alkanes of at least 4 members (excludes halogenated alkanes) is 1. The van der Waals surface area contributed by atoms with E-state index in [1.54, 1.807) is 6.07 Å². The van der Waals surface area contributed by atoms with E-state index in [1.807, 2.05) is 6.92 Å². The van der Waals surface area contributed by atoms with Crippen LogP contribution in [0.25, 0.3) is 21.9 Å². The van der Waals surface area contributed by atoms with Gasteiger partial charge in [-0.3, -0.25) is 0 Å². The first-order valence-electron chi connectivity index (χ1n) is 11.8. The molecule has 4 aromatic carbocycles. The van der Waals surface area contributed by atoms with Crippen molar-refractivity contribution in [1.29, 1.82) is 0 Å². The molecule has 0 amide bonds. The van der Waals surface area contributed by atoms with Gasteiger partial charge in [0.25, 0.3) is 0 Å². The Labute approximate surface area is 209 Å². The second-order valence-electron chi connectivity index (χ2n) is 8.78. The van der Waals surface area contributed by atoms with Crippen LogP contribution in [0.1, 0.15) is 36.5 Å². The van der Waals surface area contributed by atoms with E-state index in [4.69, 9.17) is 0 Å². The number of benzene rings is 4. The van der Waals surface area contributed by atoms with E-state index in [0.717, 1.165) is 25.0 Å². The average molecular weight is 520 g/mol. The van der Waals surface area contributed by atoms with Crippen LogP contribution in [0.3, 0.4) is 0 Å². The van der Waals surface area contributed by atoms with Crippen molar-refractivity contribution in [3.63, 3.8) is 0 Å². The molecule has 0 bridgehead atoms. The minimum atomic E-state index is -3.37. The van der Waals surface area contributed by atoms with E-state index in [0.29, 0.717) is 17.4 Å². The zero-order valence-corrected chi connectivity index (χ0v) is 19.9. The van der Waals surface area contributed by atoms with Crippen molar-refractivity contribution in [2.45, 2.75) is 45.6 Å². The molecule has 4 aromatic rings. The molecule has 0 fully saturated rings. The molecule has 0 N–H and O–H groups in total. The van der Waals surface area contributed by atoms with Crippen molar-refractivity contribution in [3.05, 3.63) is 100 Å². The lowest BCUT2D eigenvalue weighted by Crippen LogP contribution is -2.06. The molecule has 0 unspecified atom stereocenters. The molecule has 194 valence electrons. The number of ether oxygens (including phenoxy) is 1. The van der Waals surface area contributed by atoms with Crippen LogP contribution in [-0.4, -0.2) is 6.61 Å². The van der Waals surface area contributed by atoms with Gasteiger partial charge in [-0.1, -0.05) is 37.6 Å². The van der Waals surface area contributed by atoms with E-state index in [9.17, 15) is 26.3 Å². The molecule has 0 saturated carbocycles. The molecule has 0 saturated heterocycles. The fourth-order valence-corrected chi connectivity index (χ4v) is 4.35. The Morgan fingerprint density at radius 1 is 0.703 bits per heavy atom. The Balaban J connectivity index is 1.57. The van der Waals surface area contributed by atoms with E-state index < -0.39 is 41.4 Å². The maximum atomic E-state index is 15.2. The fourth-order valence-electron chi connectivity index (χ4n) is 4.35. The number of halogens is 7. The number of alkyl halides is 2. The highest BCUT2D eigenvalue weighted by Crippen LogP contribution is 2.32. The van der Waals surface area contributed by atoms with Gasteiger partial charge in [-0.05, 0) is 83.7 Å². The number of hydrogen-bond acceptors (Lipinski definition) is 1. The van der Waals surface area contributed by atoms with Crippen molar-refractivity contribution >= 4 is 10.8 Å². The summed E-state index contributed by atoms with van der Waals surface area (Å²) in [6.07, 6.45) is 2.39. The Bertz CT molecular complexity index is 1390. The van der Waals surface area contributed by atoms with Crippen LogP contribution in [0, 0.1) is 29.1 Å². The van der Waals surface area contributed by atoms with E-state index >= 15 is 4.39 Å². The van der Waals surface area contributed by atoms with Gasteiger partial charge in [0.2, 0.25) is 0 Å². The lowest BCUT2D eigenvalue weighted by atomic mass is 9.95. The molecule has 0 aromatic heterocycles. The largest absolute Gasteiger partial charge is 0.429 e. The number of hydrogen-bond donors (Lipinski definition) is 0. The first-order valence-corrected chi connectivity index (χ1v) is 11.8. The molecule has 0 aliphatic rings. The quantitative estimate of drug-likeness (QED) is 0.200. The monoisotopic (exact) mass is 520 g/mol. The summed E-state index contributed by atoms with van der Waals surface area (Å²) in [4.78, 5) is 0. The van der Waals surface area contributed by atoms with Gasteiger partial charge in [0.1, 0.15) is 17.5 Å². The van der Waals surface area contributed by atoms with Crippen LogP contribution >= 0.6 is 0 Å². The second kappa shape index (κ2) is 11.2. The summed E-state index contributed by atoms with van der Waals surface area (Å²) in [5, 5.41) is 0.651. The molecule has 0 heterocycles. The van der Waals surface area contributed by atoms with E-state index in [-0.39, 0.29) is 40.5 Å². The molecule has 0 atom stereocenters.